The lowest BCUT2D eigenvalue weighted by atomic mass is 9.89. The number of aryl methyl sites for hydroxylation is 2. The van der Waals surface area contributed by atoms with Crippen LogP contribution in [0, 0.1) is 0 Å². The summed E-state index contributed by atoms with van der Waals surface area (Å²) in [7, 11) is 0. The predicted octanol–water partition coefficient (Wildman–Crippen LogP) is 3.47. The van der Waals surface area contributed by atoms with Crippen molar-refractivity contribution in [1.82, 2.24) is 9.88 Å². The Morgan fingerprint density at radius 2 is 1.72 bits per heavy atom. The molecule has 1 aromatic heterocycles. The number of rotatable bonds is 4. The van der Waals surface area contributed by atoms with E-state index >= 15 is 0 Å². The van der Waals surface area contributed by atoms with Crippen LogP contribution in [0.2, 0.25) is 0 Å². The highest BCUT2D eigenvalue weighted by molar-refractivity contribution is 5.98. The molecule has 1 aromatic carbocycles. The molecule has 0 unspecified atom stereocenters. The third kappa shape index (κ3) is 3.34. The maximum Gasteiger partial charge on any atom is 0.223 e. The molecule has 0 saturated heterocycles. The van der Waals surface area contributed by atoms with Gasteiger partial charge in [-0.25, -0.2) is 0 Å². The van der Waals surface area contributed by atoms with Crippen LogP contribution in [0.15, 0.2) is 36.7 Å². The van der Waals surface area contributed by atoms with Gasteiger partial charge in [0.25, 0.3) is 0 Å². The summed E-state index contributed by atoms with van der Waals surface area (Å²) in [6, 6.07) is 8.02. The van der Waals surface area contributed by atoms with Crippen molar-refractivity contribution in [2.75, 3.05) is 0 Å². The Labute approximate surface area is 147 Å². The average Bonchev–Trinajstić information content (AvgIpc) is 3.09. The number of carbonyl (C=O) groups excluding carboxylic acids is 2. The first-order chi connectivity index (χ1) is 12.2. The summed E-state index contributed by atoms with van der Waals surface area (Å²) >= 11 is 0. The van der Waals surface area contributed by atoms with Gasteiger partial charge >= 0.3 is 0 Å². The molecular formula is C21H22N2O2. The van der Waals surface area contributed by atoms with Crippen molar-refractivity contribution >= 4 is 11.7 Å². The Morgan fingerprint density at radius 1 is 0.920 bits per heavy atom. The Balaban J connectivity index is 1.35. The number of nitrogens with zero attached hydrogens (tertiary/aromatic N) is 2. The van der Waals surface area contributed by atoms with Crippen LogP contribution < -0.4 is 0 Å². The molecule has 0 fully saturated rings. The van der Waals surface area contributed by atoms with Crippen LogP contribution in [0.25, 0.3) is 0 Å². The second-order valence-electron chi connectivity index (χ2n) is 7.01. The summed E-state index contributed by atoms with van der Waals surface area (Å²) in [6.07, 6.45) is 8.76. The Morgan fingerprint density at radius 3 is 2.56 bits per heavy atom. The van der Waals surface area contributed by atoms with Gasteiger partial charge in [0.05, 0.1) is 0 Å². The van der Waals surface area contributed by atoms with Gasteiger partial charge in [-0.15, -0.1) is 0 Å². The van der Waals surface area contributed by atoms with Gasteiger partial charge in [0, 0.05) is 43.9 Å². The van der Waals surface area contributed by atoms with Crippen molar-refractivity contribution in [3.05, 3.63) is 64.5 Å². The molecule has 1 amide bonds. The van der Waals surface area contributed by atoms with E-state index in [1.54, 1.807) is 6.20 Å². The van der Waals surface area contributed by atoms with E-state index < -0.39 is 0 Å². The zero-order valence-electron chi connectivity index (χ0n) is 14.3. The average molecular weight is 334 g/mol. The van der Waals surface area contributed by atoms with Gasteiger partial charge in [0.2, 0.25) is 5.91 Å². The van der Waals surface area contributed by atoms with Gasteiger partial charge in [0.15, 0.2) is 5.78 Å². The van der Waals surface area contributed by atoms with Crippen LogP contribution >= 0.6 is 0 Å². The van der Waals surface area contributed by atoms with Gasteiger partial charge in [-0.3, -0.25) is 14.6 Å². The molecule has 0 bridgehead atoms. The lowest BCUT2D eigenvalue weighted by Gasteiger charge is -2.17. The fraction of sp³-hybridized carbons (Fsp3) is 0.381. The maximum absolute atomic E-state index is 12.5. The van der Waals surface area contributed by atoms with Crippen LogP contribution in [0.1, 0.15) is 58.3 Å². The molecule has 1 aliphatic carbocycles. The maximum atomic E-state index is 12.5. The highest BCUT2D eigenvalue weighted by Crippen LogP contribution is 2.24. The van der Waals surface area contributed by atoms with Crippen LogP contribution in [-0.4, -0.2) is 21.6 Å². The Hall–Kier alpha value is -2.49. The first-order valence-corrected chi connectivity index (χ1v) is 9.05. The molecule has 25 heavy (non-hydrogen) atoms. The van der Waals surface area contributed by atoms with Crippen LogP contribution in [0.3, 0.4) is 0 Å². The molecule has 2 heterocycles. The minimum absolute atomic E-state index is 0.0440. The molecule has 0 atom stereocenters. The third-order valence-corrected chi connectivity index (χ3v) is 5.32. The molecule has 4 rings (SSSR count). The fourth-order valence-electron chi connectivity index (χ4n) is 3.83. The summed E-state index contributed by atoms with van der Waals surface area (Å²) < 4.78 is 0. The van der Waals surface area contributed by atoms with E-state index in [0.717, 1.165) is 29.5 Å². The number of carbonyl (C=O) groups is 2. The monoisotopic (exact) mass is 334 g/mol. The molecule has 0 radical (unpaired) electrons. The van der Waals surface area contributed by atoms with E-state index in [1.807, 2.05) is 29.3 Å². The third-order valence-electron chi connectivity index (χ3n) is 5.32. The molecule has 0 spiro atoms. The van der Waals surface area contributed by atoms with Crippen LogP contribution in [0.4, 0.5) is 0 Å². The predicted molar refractivity (Wildman–Crippen MR) is 95.1 cm³/mol. The highest BCUT2D eigenvalue weighted by atomic mass is 16.2. The largest absolute Gasteiger partial charge is 0.334 e. The molecule has 0 N–H and O–H groups in total. The molecule has 2 aliphatic rings. The summed E-state index contributed by atoms with van der Waals surface area (Å²) in [4.78, 5) is 30.8. The molecule has 1 aliphatic heterocycles. The lowest BCUT2D eigenvalue weighted by molar-refractivity contribution is -0.131. The van der Waals surface area contributed by atoms with Gasteiger partial charge in [-0.05, 0) is 60.1 Å². The first-order valence-electron chi connectivity index (χ1n) is 9.05. The molecule has 4 nitrogen and oxygen atoms in total. The SMILES string of the molecule is O=C(CCC(=O)N1Cc2ccncc2C1)c1ccc2c(c1)CCCC2. The number of hydrogen-bond donors (Lipinski definition) is 0. The van der Waals surface area contributed by atoms with Crippen molar-refractivity contribution in [3.63, 3.8) is 0 Å². The van der Waals surface area contributed by atoms with E-state index in [-0.39, 0.29) is 24.5 Å². The van der Waals surface area contributed by atoms with E-state index in [2.05, 4.69) is 11.1 Å². The Kier molecular flexibility index (Phi) is 4.35. The van der Waals surface area contributed by atoms with Gasteiger partial charge < -0.3 is 4.90 Å². The number of fused-ring (bicyclic) bond motifs is 2. The molecule has 128 valence electrons. The zero-order valence-corrected chi connectivity index (χ0v) is 14.3. The minimum Gasteiger partial charge on any atom is -0.334 e. The number of Topliss-reactive ketones (excluding diaryl/α,β-unsaturated/α-hetero) is 1. The van der Waals surface area contributed by atoms with Crippen molar-refractivity contribution in [3.8, 4) is 0 Å². The van der Waals surface area contributed by atoms with E-state index in [4.69, 9.17) is 0 Å². The van der Waals surface area contributed by atoms with Gasteiger partial charge in [0.1, 0.15) is 0 Å². The van der Waals surface area contributed by atoms with Crippen molar-refractivity contribution in [2.45, 2.75) is 51.6 Å². The summed E-state index contributed by atoms with van der Waals surface area (Å²) in [5.41, 5.74) is 5.71. The number of aromatic nitrogens is 1. The topological polar surface area (TPSA) is 50.3 Å². The van der Waals surface area contributed by atoms with E-state index in [0.29, 0.717) is 13.1 Å². The van der Waals surface area contributed by atoms with E-state index in [1.165, 1.54) is 24.0 Å². The number of benzene rings is 1. The second-order valence-corrected chi connectivity index (χ2v) is 7.01. The smallest absolute Gasteiger partial charge is 0.223 e. The number of pyridine rings is 1. The summed E-state index contributed by atoms with van der Waals surface area (Å²) in [5.74, 6) is 0.114. The van der Waals surface area contributed by atoms with Crippen molar-refractivity contribution in [2.24, 2.45) is 0 Å². The van der Waals surface area contributed by atoms with Crippen molar-refractivity contribution < 1.29 is 9.59 Å². The standard InChI is InChI=1S/C21H22N2O2/c24-20(17-6-5-15-3-1-2-4-16(15)11-17)7-8-21(25)23-13-18-9-10-22-12-19(18)14-23/h5-6,9-12H,1-4,7-8,13-14H2. The lowest BCUT2D eigenvalue weighted by Crippen LogP contribution is -2.25. The number of ketones is 1. The number of amides is 1. The normalized spacial score (nSPS) is 15.6. The second kappa shape index (κ2) is 6.79. The first kappa shape index (κ1) is 16.0. The quantitative estimate of drug-likeness (QED) is 0.805. The molecule has 2 aromatic rings. The molecule has 4 heteroatoms. The van der Waals surface area contributed by atoms with E-state index in [9.17, 15) is 9.59 Å². The fourth-order valence-corrected chi connectivity index (χ4v) is 3.83. The Bertz CT molecular complexity index is 803. The zero-order chi connectivity index (χ0) is 17.2. The van der Waals surface area contributed by atoms with Gasteiger partial charge in [-0.1, -0.05) is 12.1 Å². The van der Waals surface area contributed by atoms with Gasteiger partial charge in [-0.2, -0.15) is 0 Å². The molecule has 0 saturated carbocycles. The minimum atomic E-state index is 0.0440. The highest BCUT2D eigenvalue weighted by Gasteiger charge is 2.23. The van der Waals surface area contributed by atoms with Crippen LogP contribution in [0.5, 0.6) is 0 Å². The van der Waals surface area contributed by atoms with Crippen molar-refractivity contribution in [1.29, 1.82) is 0 Å². The number of hydrogen-bond acceptors (Lipinski definition) is 3. The summed E-state index contributed by atoms with van der Waals surface area (Å²) in [6.45, 7) is 1.23. The summed E-state index contributed by atoms with van der Waals surface area (Å²) in [5, 5.41) is 0. The van der Waals surface area contributed by atoms with Crippen LogP contribution in [-0.2, 0) is 30.7 Å². The molecular weight excluding hydrogens is 312 g/mol.